The maximum absolute atomic E-state index is 12.4. The Balaban J connectivity index is 1.57. The molecule has 0 bridgehead atoms. The van der Waals surface area contributed by atoms with Gasteiger partial charge in [-0.1, -0.05) is 18.2 Å². The molecule has 3 rings (SSSR count). The number of nitrogens with one attached hydrogen (secondary N) is 3. The molecule has 0 aliphatic heterocycles. The first-order valence-electron chi connectivity index (χ1n) is 9.24. The van der Waals surface area contributed by atoms with Crippen LogP contribution in [0.4, 0.5) is 5.69 Å². The van der Waals surface area contributed by atoms with Gasteiger partial charge < -0.3 is 20.7 Å². The highest BCUT2D eigenvalue weighted by atomic mass is 79.9. The molecule has 0 aromatic heterocycles. The Morgan fingerprint density at radius 1 is 1.21 bits per heavy atom. The molecule has 0 spiro atoms. The number of carbonyl (C=O) groups excluding carboxylic acids is 2. The molecule has 0 saturated heterocycles. The number of halogens is 1. The SMILES string of the molecule is COc1ccc(C(C)NCC(=O)Nc2ccccc2C(=O)NC2CC2)cc1Br. The zero-order valence-electron chi connectivity index (χ0n) is 15.9. The average molecular weight is 446 g/mol. The third-order valence-electron chi connectivity index (χ3n) is 4.60. The van der Waals surface area contributed by atoms with Crippen molar-refractivity contribution in [3.8, 4) is 5.75 Å². The minimum absolute atomic E-state index is 0.0265. The van der Waals surface area contributed by atoms with Crippen LogP contribution in [0.25, 0.3) is 0 Å². The summed E-state index contributed by atoms with van der Waals surface area (Å²) in [5.41, 5.74) is 2.03. The van der Waals surface area contributed by atoms with E-state index in [-0.39, 0.29) is 30.4 Å². The lowest BCUT2D eigenvalue weighted by atomic mass is 10.1. The maximum atomic E-state index is 12.4. The standard InChI is InChI=1S/C21H24BrN3O3/c1-13(14-7-10-19(28-2)17(22)11-14)23-12-20(26)25-18-6-4-3-5-16(18)21(27)24-15-8-9-15/h3-7,10-11,13,15,23H,8-9,12H2,1-2H3,(H,24,27)(H,25,26). The second-order valence-electron chi connectivity index (χ2n) is 6.84. The van der Waals surface area contributed by atoms with Crippen LogP contribution < -0.4 is 20.7 Å². The molecule has 1 saturated carbocycles. The normalized spacial score (nSPS) is 14.2. The molecule has 2 amide bonds. The van der Waals surface area contributed by atoms with Gasteiger partial charge in [0.25, 0.3) is 5.91 Å². The molecule has 2 aromatic carbocycles. The van der Waals surface area contributed by atoms with Crippen molar-refractivity contribution in [1.29, 1.82) is 0 Å². The summed E-state index contributed by atoms with van der Waals surface area (Å²) in [5, 5.41) is 8.98. The number of hydrogen-bond donors (Lipinski definition) is 3. The Morgan fingerprint density at radius 2 is 1.96 bits per heavy atom. The molecule has 28 heavy (non-hydrogen) atoms. The molecule has 1 aliphatic rings. The molecule has 148 valence electrons. The van der Waals surface area contributed by atoms with Crippen molar-refractivity contribution in [3.05, 3.63) is 58.1 Å². The van der Waals surface area contributed by atoms with Crippen molar-refractivity contribution < 1.29 is 14.3 Å². The summed E-state index contributed by atoms with van der Waals surface area (Å²) in [4.78, 5) is 24.7. The quantitative estimate of drug-likeness (QED) is 0.579. The summed E-state index contributed by atoms with van der Waals surface area (Å²) in [5.74, 6) is 0.406. The van der Waals surface area contributed by atoms with E-state index >= 15 is 0 Å². The van der Waals surface area contributed by atoms with Crippen molar-refractivity contribution in [1.82, 2.24) is 10.6 Å². The van der Waals surface area contributed by atoms with Gasteiger partial charge in [-0.25, -0.2) is 0 Å². The van der Waals surface area contributed by atoms with Gasteiger partial charge in [-0.05, 0) is 65.5 Å². The molecule has 3 N–H and O–H groups in total. The Hall–Kier alpha value is -2.38. The predicted octanol–water partition coefficient (Wildman–Crippen LogP) is 3.64. The number of hydrogen-bond acceptors (Lipinski definition) is 4. The summed E-state index contributed by atoms with van der Waals surface area (Å²) in [6, 6.07) is 13.1. The Morgan fingerprint density at radius 3 is 2.64 bits per heavy atom. The molecule has 1 atom stereocenters. The first-order chi connectivity index (χ1) is 13.5. The van der Waals surface area contributed by atoms with Crippen LogP contribution in [0.5, 0.6) is 5.75 Å². The van der Waals surface area contributed by atoms with Gasteiger partial charge in [-0.15, -0.1) is 0 Å². The Labute approximate surface area is 173 Å². The van der Waals surface area contributed by atoms with Crippen LogP contribution in [-0.4, -0.2) is 31.5 Å². The van der Waals surface area contributed by atoms with E-state index < -0.39 is 0 Å². The largest absolute Gasteiger partial charge is 0.496 e. The predicted molar refractivity (Wildman–Crippen MR) is 113 cm³/mol. The number of para-hydroxylation sites is 1. The number of rotatable bonds is 8. The fourth-order valence-corrected chi connectivity index (χ4v) is 3.35. The Bertz CT molecular complexity index is 868. The van der Waals surface area contributed by atoms with E-state index in [0.717, 1.165) is 28.6 Å². The highest BCUT2D eigenvalue weighted by Crippen LogP contribution is 2.28. The van der Waals surface area contributed by atoms with Crippen LogP contribution in [0.3, 0.4) is 0 Å². The van der Waals surface area contributed by atoms with Gasteiger partial charge in [0.15, 0.2) is 0 Å². The van der Waals surface area contributed by atoms with E-state index in [9.17, 15) is 9.59 Å². The highest BCUT2D eigenvalue weighted by Gasteiger charge is 2.25. The lowest BCUT2D eigenvalue weighted by molar-refractivity contribution is -0.115. The number of methoxy groups -OCH3 is 1. The molecule has 6 nitrogen and oxygen atoms in total. The number of carbonyl (C=O) groups is 2. The van der Waals surface area contributed by atoms with Crippen molar-refractivity contribution >= 4 is 33.4 Å². The van der Waals surface area contributed by atoms with Crippen LogP contribution in [0.2, 0.25) is 0 Å². The van der Waals surface area contributed by atoms with Crippen LogP contribution in [-0.2, 0) is 4.79 Å². The summed E-state index contributed by atoms with van der Waals surface area (Å²) in [6.07, 6.45) is 2.03. The smallest absolute Gasteiger partial charge is 0.253 e. The lowest BCUT2D eigenvalue weighted by Crippen LogP contribution is -2.31. The van der Waals surface area contributed by atoms with E-state index in [1.807, 2.05) is 25.1 Å². The van der Waals surface area contributed by atoms with Crippen LogP contribution in [0.1, 0.15) is 41.7 Å². The molecule has 0 radical (unpaired) electrons. The number of anilines is 1. The van der Waals surface area contributed by atoms with Gasteiger partial charge in [-0.2, -0.15) is 0 Å². The second kappa shape index (κ2) is 9.21. The molecular weight excluding hydrogens is 422 g/mol. The van der Waals surface area contributed by atoms with E-state index in [2.05, 4.69) is 31.9 Å². The lowest BCUT2D eigenvalue weighted by Gasteiger charge is -2.16. The summed E-state index contributed by atoms with van der Waals surface area (Å²) < 4.78 is 6.10. The van der Waals surface area contributed by atoms with Gasteiger partial charge in [0.05, 0.1) is 29.4 Å². The van der Waals surface area contributed by atoms with Crippen molar-refractivity contribution in [2.24, 2.45) is 0 Å². The fourth-order valence-electron chi connectivity index (χ4n) is 2.79. The van der Waals surface area contributed by atoms with Crippen LogP contribution in [0, 0.1) is 0 Å². The van der Waals surface area contributed by atoms with Crippen molar-refractivity contribution in [2.45, 2.75) is 31.8 Å². The molecule has 1 unspecified atom stereocenters. The van der Waals surface area contributed by atoms with Gasteiger partial charge >= 0.3 is 0 Å². The van der Waals surface area contributed by atoms with E-state index in [4.69, 9.17) is 4.74 Å². The third kappa shape index (κ3) is 5.33. The van der Waals surface area contributed by atoms with Crippen LogP contribution >= 0.6 is 15.9 Å². The zero-order chi connectivity index (χ0) is 20.1. The topological polar surface area (TPSA) is 79.5 Å². The van der Waals surface area contributed by atoms with Gasteiger partial charge in [0.2, 0.25) is 5.91 Å². The fraction of sp³-hybridized carbons (Fsp3) is 0.333. The molecule has 0 heterocycles. The zero-order valence-corrected chi connectivity index (χ0v) is 17.5. The molecule has 2 aromatic rings. The van der Waals surface area contributed by atoms with Crippen molar-refractivity contribution in [2.75, 3.05) is 19.0 Å². The third-order valence-corrected chi connectivity index (χ3v) is 5.22. The first-order valence-corrected chi connectivity index (χ1v) is 10.0. The van der Waals surface area contributed by atoms with E-state index in [0.29, 0.717) is 11.3 Å². The molecule has 1 fully saturated rings. The average Bonchev–Trinajstić information content (AvgIpc) is 3.50. The Kier molecular flexibility index (Phi) is 6.70. The minimum atomic E-state index is -0.203. The summed E-state index contributed by atoms with van der Waals surface area (Å²) >= 11 is 3.47. The maximum Gasteiger partial charge on any atom is 0.253 e. The van der Waals surface area contributed by atoms with Gasteiger partial charge in [0, 0.05) is 12.1 Å². The van der Waals surface area contributed by atoms with E-state index in [1.54, 1.807) is 31.4 Å². The van der Waals surface area contributed by atoms with Crippen LogP contribution in [0.15, 0.2) is 46.9 Å². The number of amides is 2. The van der Waals surface area contributed by atoms with Gasteiger partial charge in [0.1, 0.15) is 5.75 Å². The molecule has 1 aliphatic carbocycles. The van der Waals surface area contributed by atoms with E-state index in [1.165, 1.54) is 0 Å². The highest BCUT2D eigenvalue weighted by molar-refractivity contribution is 9.10. The second-order valence-corrected chi connectivity index (χ2v) is 7.69. The molecular formula is C21H24BrN3O3. The molecule has 7 heteroatoms. The minimum Gasteiger partial charge on any atom is -0.496 e. The summed E-state index contributed by atoms with van der Waals surface area (Å²) in [6.45, 7) is 2.11. The van der Waals surface area contributed by atoms with Crippen molar-refractivity contribution in [3.63, 3.8) is 0 Å². The number of benzene rings is 2. The number of ether oxygens (including phenoxy) is 1. The van der Waals surface area contributed by atoms with Gasteiger partial charge in [-0.3, -0.25) is 9.59 Å². The monoisotopic (exact) mass is 445 g/mol. The summed E-state index contributed by atoms with van der Waals surface area (Å²) in [7, 11) is 1.62. The first kappa shape index (κ1) is 20.4.